The maximum Gasteiger partial charge on any atom is 0.354 e. The van der Waals surface area contributed by atoms with Crippen LogP contribution >= 0.6 is 0 Å². The molecule has 0 aliphatic heterocycles. The molecule has 0 aliphatic rings. The lowest BCUT2D eigenvalue weighted by molar-refractivity contribution is -0.138. The van der Waals surface area contributed by atoms with E-state index in [1.54, 1.807) is 6.07 Å². The second-order valence-corrected chi connectivity index (χ2v) is 5.00. The molecule has 2 N–H and O–H groups in total. The number of hydrogen-bond donors (Lipinski definition) is 2. The van der Waals surface area contributed by atoms with Crippen LogP contribution in [-0.4, -0.2) is 51.0 Å². The number of rotatable bonds is 8. The van der Waals surface area contributed by atoms with Gasteiger partial charge in [-0.05, 0) is 37.6 Å². The van der Waals surface area contributed by atoms with Crippen LogP contribution in [0.4, 0.5) is 11.4 Å². The van der Waals surface area contributed by atoms with Crippen LogP contribution in [0.25, 0.3) is 0 Å². The molecule has 0 bridgehead atoms. The first kappa shape index (κ1) is 19.5. The number of likely N-dealkylation sites (N-methyl/N-ethyl adjacent to an activating group) is 1. The van der Waals surface area contributed by atoms with Gasteiger partial charge in [-0.15, -0.1) is 0 Å². The van der Waals surface area contributed by atoms with Crippen molar-refractivity contribution >= 4 is 23.3 Å². The number of carbonyl (C=O) groups excluding carboxylic acids is 2. The predicted octanol–water partition coefficient (Wildman–Crippen LogP) is 1.46. The highest BCUT2D eigenvalue weighted by Crippen LogP contribution is 2.24. The van der Waals surface area contributed by atoms with Crippen molar-refractivity contribution in [3.63, 3.8) is 0 Å². The number of esters is 2. The molecule has 0 aromatic heterocycles. The first-order valence-electron chi connectivity index (χ1n) is 7.58. The highest BCUT2D eigenvalue weighted by molar-refractivity contribution is 5.98. The minimum Gasteiger partial charge on any atom is -0.466 e. The summed E-state index contributed by atoms with van der Waals surface area (Å²) < 4.78 is 9.21. The van der Waals surface area contributed by atoms with Gasteiger partial charge in [-0.1, -0.05) is 0 Å². The maximum absolute atomic E-state index is 11.8. The van der Waals surface area contributed by atoms with Crippen LogP contribution in [0.1, 0.15) is 12.5 Å². The highest BCUT2D eigenvalue weighted by Gasteiger charge is 2.14. The van der Waals surface area contributed by atoms with Crippen LogP contribution in [0.3, 0.4) is 0 Å². The van der Waals surface area contributed by atoms with Crippen LogP contribution in [0, 0.1) is 6.92 Å². The number of ether oxygens (including phenoxy) is 2. The third kappa shape index (κ3) is 5.27. The van der Waals surface area contributed by atoms with Gasteiger partial charge in [0.15, 0.2) is 0 Å². The minimum absolute atomic E-state index is 0.0112. The van der Waals surface area contributed by atoms with Crippen molar-refractivity contribution in [3.05, 3.63) is 35.5 Å². The topological polar surface area (TPSA) is 88.1 Å². The lowest BCUT2D eigenvalue weighted by atomic mass is 10.1. The van der Waals surface area contributed by atoms with Gasteiger partial charge in [0, 0.05) is 24.5 Å². The van der Waals surface area contributed by atoms with Gasteiger partial charge >= 0.3 is 11.9 Å². The number of aliphatic hydroxyl groups is 1. The fraction of sp³-hybridized carbons (Fsp3) is 0.412. The largest absolute Gasteiger partial charge is 0.466 e. The van der Waals surface area contributed by atoms with Gasteiger partial charge in [-0.2, -0.15) is 0 Å². The summed E-state index contributed by atoms with van der Waals surface area (Å²) in [6.07, 6.45) is 1.04. The molecule has 7 heteroatoms. The number of anilines is 2. The SMILES string of the molecule is CCN(CCO)c1ccc(N/C(=C/C(=O)OC)C(=O)OC)c(C)c1. The first-order chi connectivity index (χ1) is 11.5. The summed E-state index contributed by atoms with van der Waals surface area (Å²) in [5, 5.41) is 12.0. The molecule has 0 saturated heterocycles. The van der Waals surface area contributed by atoms with E-state index in [4.69, 9.17) is 5.11 Å². The number of hydrogen-bond acceptors (Lipinski definition) is 7. The molecule has 1 rings (SSSR count). The van der Waals surface area contributed by atoms with Gasteiger partial charge in [0.25, 0.3) is 0 Å². The maximum atomic E-state index is 11.8. The number of carbonyl (C=O) groups is 2. The molecular weight excluding hydrogens is 312 g/mol. The van der Waals surface area contributed by atoms with Crippen molar-refractivity contribution < 1.29 is 24.2 Å². The average Bonchev–Trinajstić information content (AvgIpc) is 2.59. The van der Waals surface area contributed by atoms with Gasteiger partial charge in [0.1, 0.15) is 5.70 Å². The van der Waals surface area contributed by atoms with Crippen LogP contribution in [0.5, 0.6) is 0 Å². The van der Waals surface area contributed by atoms with Gasteiger partial charge < -0.3 is 24.8 Å². The molecule has 0 spiro atoms. The Bertz CT molecular complexity index is 613. The summed E-state index contributed by atoms with van der Waals surface area (Å²) in [5.41, 5.74) is 2.50. The number of aliphatic hydroxyl groups excluding tert-OH is 1. The van der Waals surface area contributed by atoms with E-state index in [1.165, 1.54) is 14.2 Å². The van der Waals surface area contributed by atoms with Crippen molar-refractivity contribution in [3.8, 4) is 0 Å². The molecule has 7 nitrogen and oxygen atoms in total. The summed E-state index contributed by atoms with van der Waals surface area (Å²) in [6, 6.07) is 5.62. The Hall–Kier alpha value is -2.54. The quantitative estimate of drug-likeness (QED) is 0.549. The Kier molecular flexibility index (Phi) is 7.77. The molecule has 0 amide bonds. The van der Waals surface area contributed by atoms with Gasteiger partial charge in [-0.25, -0.2) is 9.59 Å². The lowest BCUT2D eigenvalue weighted by Crippen LogP contribution is -2.26. The normalized spacial score (nSPS) is 11.0. The summed E-state index contributed by atoms with van der Waals surface area (Å²) in [4.78, 5) is 25.2. The molecule has 0 saturated carbocycles. The van der Waals surface area contributed by atoms with E-state index in [2.05, 4.69) is 14.8 Å². The van der Waals surface area contributed by atoms with Crippen molar-refractivity contribution in [2.45, 2.75) is 13.8 Å². The molecule has 0 radical (unpaired) electrons. The number of aryl methyl sites for hydroxylation is 1. The summed E-state index contributed by atoms with van der Waals surface area (Å²) in [5.74, 6) is -1.32. The standard InChI is InChI=1S/C17H24N2O5/c1-5-19(8-9-20)13-6-7-14(12(2)10-13)18-15(17(22)24-4)11-16(21)23-3/h6-7,10-11,18,20H,5,8-9H2,1-4H3/b15-11+. The number of nitrogens with zero attached hydrogens (tertiary/aromatic N) is 1. The molecule has 0 aliphatic carbocycles. The molecule has 0 heterocycles. The summed E-state index contributed by atoms with van der Waals surface area (Å²) in [6.45, 7) is 5.26. The second kappa shape index (κ2) is 9.57. The Labute approximate surface area is 141 Å². The molecule has 0 unspecified atom stereocenters. The predicted molar refractivity (Wildman–Crippen MR) is 91.9 cm³/mol. The van der Waals surface area contributed by atoms with E-state index in [0.29, 0.717) is 12.2 Å². The van der Waals surface area contributed by atoms with Crippen molar-refractivity contribution in [2.75, 3.05) is 44.1 Å². The van der Waals surface area contributed by atoms with Crippen molar-refractivity contribution in [1.82, 2.24) is 0 Å². The third-order valence-corrected chi connectivity index (χ3v) is 3.46. The van der Waals surface area contributed by atoms with Crippen molar-refractivity contribution in [1.29, 1.82) is 0 Å². The van der Waals surface area contributed by atoms with Crippen LogP contribution in [0.15, 0.2) is 30.0 Å². The van der Waals surface area contributed by atoms with Gasteiger partial charge in [0.2, 0.25) is 0 Å². The zero-order valence-corrected chi connectivity index (χ0v) is 14.5. The second-order valence-electron chi connectivity index (χ2n) is 5.00. The van der Waals surface area contributed by atoms with Gasteiger partial charge in [0.05, 0.1) is 26.9 Å². The van der Waals surface area contributed by atoms with E-state index in [0.717, 1.165) is 23.9 Å². The van der Waals surface area contributed by atoms with E-state index in [1.807, 2.05) is 30.9 Å². The van der Waals surface area contributed by atoms with E-state index >= 15 is 0 Å². The van der Waals surface area contributed by atoms with Crippen LogP contribution < -0.4 is 10.2 Å². The Morgan fingerprint density at radius 1 is 1.29 bits per heavy atom. The number of nitrogens with one attached hydrogen (secondary N) is 1. The zero-order valence-electron chi connectivity index (χ0n) is 14.5. The highest BCUT2D eigenvalue weighted by atomic mass is 16.5. The fourth-order valence-corrected chi connectivity index (χ4v) is 2.15. The van der Waals surface area contributed by atoms with E-state index < -0.39 is 11.9 Å². The van der Waals surface area contributed by atoms with Crippen molar-refractivity contribution in [2.24, 2.45) is 0 Å². The van der Waals surface area contributed by atoms with Crippen LogP contribution in [0.2, 0.25) is 0 Å². The molecule has 132 valence electrons. The lowest BCUT2D eigenvalue weighted by Gasteiger charge is -2.23. The Morgan fingerprint density at radius 3 is 2.50 bits per heavy atom. The Balaban J connectivity index is 3.06. The van der Waals surface area contributed by atoms with E-state index in [9.17, 15) is 9.59 Å². The van der Waals surface area contributed by atoms with Crippen LogP contribution in [-0.2, 0) is 19.1 Å². The third-order valence-electron chi connectivity index (χ3n) is 3.46. The smallest absolute Gasteiger partial charge is 0.354 e. The molecule has 0 atom stereocenters. The molecule has 1 aromatic carbocycles. The Morgan fingerprint density at radius 2 is 2.00 bits per heavy atom. The summed E-state index contributed by atoms with van der Waals surface area (Å²) >= 11 is 0. The number of methoxy groups -OCH3 is 2. The fourth-order valence-electron chi connectivity index (χ4n) is 2.15. The monoisotopic (exact) mass is 336 g/mol. The molecule has 24 heavy (non-hydrogen) atoms. The number of benzene rings is 1. The summed E-state index contributed by atoms with van der Waals surface area (Å²) in [7, 11) is 2.47. The molecule has 1 aromatic rings. The molecular formula is C17H24N2O5. The molecule has 0 fully saturated rings. The first-order valence-corrected chi connectivity index (χ1v) is 7.58. The van der Waals surface area contributed by atoms with E-state index in [-0.39, 0.29) is 12.3 Å². The van der Waals surface area contributed by atoms with Gasteiger partial charge in [-0.3, -0.25) is 0 Å². The minimum atomic E-state index is -0.667. The average molecular weight is 336 g/mol. The zero-order chi connectivity index (χ0) is 18.1.